The highest BCUT2D eigenvalue weighted by molar-refractivity contribution is 6.42. The van der Waals surface area contributed by atoms with E-state index >= 15 is 0 Å². The maximum Gasteiger partial charge on any atom is 0.217 e. The summed E-state index contributed by atoms with van der Waals surface area (Å²) in [6.07, 6.45) is 0.992. The van der Waals surface area contributed by atoms with Gasteiger partial charge in [-0.3, -0.25) is 4.79 Å². The van der Waals surface area contributed by atoms with Gasteiger partial charge in [-0.1, -0.05) is 41.4 Å². The zero-order valence-electron chi connectivity index (χ0n) is 11.3. The molecule has 0 atom stereocenters. The van der Waals surface area contributed by atoms with Gasteiger partial charge in [0.05, 0.1) is 10.0 Å². The highest BCUT2D eigenvalue weighted by Crippen LogP contribution is 2.23. The molecule has 2 aromatic rings. The maximum atomic E-state index is 10.7. The average Bonchev–Trinajstić information content (AvgIpc) is 2.47. The Bertz CT molecular complexity index is 627. The topological polar surface area (TPSA) is 52.3 Å². The molecular weight excluding hydrogens is 309 g/mol. The Balaban J connectivity index is 1.91. The minimum atomic E-state index is -0.296. The van der Waals surface area contributed by atoms with E-state index in [0.717, 1.165) is 16.9 Å². The summed E-state index contributed by atoms with van der Waals surface area (Å²) < 4.78 is 5.67. The number of hydrogen-bond acceptors (Lipinski definition) is 2. The van der Waals surface area contributed by atoms with Gasteiger partial charge in [0.15, 0.2) is 0 Å². The second-order valence-electron chi connectivity index (χ2n) is 4.65. The van der Waals surface area contributed by atoms with Crippen molar-refractivity contribution < 1.29 is 9.53 Å². The van der Waals surface area contributed by atoms with Gasteiger partial charge in [0.1, 0.15) is 12.4 Å². The maximum absolute atomic E-state index is 10.7. The molecule has 0 unspecified atom stereocenters. The van der Waals surface area contributed by atoms with E-state index in [-0.39, 0.29) is 5.91 Å². The summed E-state index contributed by atoms with van der Waals surface area (Å²) in [5, 5.41) is 1.04. The molecule has 0 aliphatic heterocycles. The molecule has 0 spiro atoms. The zero-order chi connectivity index (χ0) is 15.2. The summed E-state index contributed by atoms with van der Waals surface area (Å²) in [7, 11) is 0. The highest BCUT2D eigenvalue weighted by atomic mass is 35.5. The Morgan fingerprint density at radius 3 is 2.29 bits per heavy atom. The molecule has 0 saturated heterocycles. The Hall–Kier alpha value is -1.71. The van der Waals surface area contributed by atoms with Crippen LogP contribution < -0.4 is 10.5 Å². The van der Waals surface area contributed by atoms with Gasteiger partial charge in [0, 0.05) is 6.42 Å². The van der Waals surface area contributed by atoms with Crippen molar-refractivity contribution in [1.29, 1.82) is 0 Å². The fourth-order valence-electron chi connectivity index (χ4n) is 1.82. The monoisotopic (exact) mass is 323 g/mol. The number of amides is 1. The molecule has 1 amide bonds. The van der Waals surface area contributed by atoms with Crippen LogP contribution in [-0.4, -0.2) is 5.91 Å². The third kappa shape index (κ3) is 4.96. The Morgan fingerprint density at radius 1 is 1.00 bits per heavy atom. The first-order chi connectivity index (χ1) is 10.0. The number of rotatable bonds is 6. The summed E-state index contributed by atoms with van der Waals surface area (Å²) in [5.74, 6) is 0.457. The molecule has 21 heavy (non-hydrogen) atoms. The first-order valence-corrected chi connectivity index (χ1v) is 7.24. The lowest BCUT2D eigenvalue weighted by Crippen LogP contribution is -2.11. The van der Waals surface area contributed by atoms with E-state index in [9.17, 15) is 4.79 Å². The lowest BCUT2D eigenvalue weighted by Gasteiger charge is -2.08. The van der Waals surface area contributed by atoms with Crippen LogP contribution in [0, 0.1) is 0 Å². The largest absolute Gasteiger partial charge is 0.489 e. The van der Waals surface area contributed by atoms with Crippen LogP contribution in [0.15, 0.2) is 42.5 Å². The molecule has 0 aromatic heterocycles. The minimum Gasteiger partial charge on any atom is -0.489 e. The second-order valence-corrected chi connectivity index (χ2v) is 5.46. The Morgan fingerprint density at radius 2 is 1.67 bits per heavy atom. The Labute approximate surface area is 133 Å². The third-order valence-corrected chi connectivity index (χ3v) is 3.71. The summed E-state index contributed by atoms with van der Waals surface area (Å²) >= 11 is 11.8. The van der Waals surface area contributed by atoms with Crippen LogP contribution in [0.5, 0.6) is 5.75 Å². The van der Waals surface area contributed by atoms with Crippen molar-refractivity contribution in [3.8, 4) is 5.75 Å². The SMILES string of the molecule is NC(=O)CCc1ccc(OCc2ccc(Cl)c(Cl)c2)cc1. The van der Waals surface area contributed by atoms with Crippen molar-refractivity contribution in [3.05, 3.63) is 63.6 Å². The average molecular weight is 324 g/mol. The van der Waals surface area contributed by atoms with Gasteiger partial charge >= 0.3 is 0 Å². The van der Waals surface area contributed by atoms with Crippen LogP contribution in [0.3, 0.4) is 0 Å². The number of primary amides is 1. The van der Waals surface area contributed by atoms with Gasteiger partial charge in [-0.15, -0.1) is 0 Å². The Kier molecular flexibility index (Phi) is 5.48. The number of carbonyl (C=O) groups is 1. The van der Waals surface area contributed by atoms with Gasteiger partial charge in [-0.2, -0.15) is 0 Å². The van der Waals surface area contributed by atoms with Gasteiger partial charge in [0.25, 0.3) is 0 Å². The van der Waals surface area contributed by atoms with E-state index < -0.39 is 0 Å². The predicted molar refractivity (Wildman–Crippen MR) is 84.8 cm³/mol. The van der Waals surface area contributed by atoms with Crippen LogP contribution in [0.4, 0.5) is 0 Å². The van der Waals surface area contributed by atoms with Gasteiger partial charge in [0.2, 0.25) is 5.91 Å². The molecule has 0 aliphatic carbocycles. The summed E-state index contributed by atoms with van der Waals surface area (Å²) in [5.41, 5.74) is 7.12. The molecule has 3 nitrogen and oxygen atoms in total. The van der Waals surface area contributed by atoms with Crippen LogP contribution in [-0.2, 0) is 17.8 Å². The summed E-state index contributed by atoms with van der Waals surface area (Å²) in [6, 6.07) is 13.0. The van der Waals surface area contributed by atoms with E-state index in [4.69, 9.17) is 33.7 Å². The third-order valence-electron chi connectivity index (χ3n) is 2.97. The molecule has 0 saturated carbocycles. The van der Waals surface area contributed by atoms with Gasteiger partial charge in [-0.05, 0) is 41.8 Å². The van der Waals surface area contributed by atoms with E-state index in [1.165, 1.54) is 0 Å². The quantitative estimate of drug-likeness (QED) is 0.873. The van der Waals surface area contributed by atoms with E-state index in [0.29, 0.717) is 29.5 Å². The molecular formula is C16H15Cl2NO2. The minimum absolute atomic E-state index is 0.296. The molecule has 2 aromatic carbocycles. The number of benzene rings is 2. The number of hydrogen-bond donors (Lipinski definition) is 1. The van der Waals surface area contributed by atoms with E-state index in [1.807, 2.05) is 30.3 Å². The molecule has 0 bridgehead atoms. The van der Waals surface area contributed by atoms with Crippen molar-refractivity contribution in [2.75, 3.05) is 0 Å². The molecule has 0 heterocycles. The van der Waals surface area contributed by atoms with Gasteiger partial charge in [-0.25, -0.2) is 0 Å². The van der Waals surface area contributed by atoms with E-state index in [2.05, 4.69) is 0 Å². The molecule has 2 N–H and O–H groups in total. The number of aryl methyl sites for hydroxylation is 1. The molecule has 0 aliphatic rings. The fraction of sp³-hybridized carbons (Fsp3) is 0.188. The van der Waals surface area contributed by atoms with E-state index in [1.54, 1.807) is 12.1 Å². The second kappa shape index (κ2) is 7.34. The highest BCUT2D eigenvalue weighted by Gasteiger charge is 2.02. The van der Waals surface area contributed by atoms with Crippen molar-refractivity contribution in [3.63, 3.8) is 0 Å². The normalized spacial score (nSPS) is 10.4. The molecule has 0 fully saturated rings. The number of nitrogens with two attached hydrogens (primary N) is 1. The number of carbonyl (C=O) groups excluding carboxylic acids is 1. The van der Waals surface area contributed by atoms with Gasteiger partial charge < -0.3 is 10.5 Å². The zero-order valence-corrected chi connectivity index (χ0v) is 12.8. The lowest BCUT2D eigenvalue weighted by atomic mass is 10.1. The molecule has 110 valence electrons. The van der Waals surface area contributed by atoms with Crippen LogP contribution >= 0.6 is 23.2 Å². The molecule has 5 heteroatoms. The molecule has 2 rings (SSSR count). The van der Waals surface area contributed by atoms with Crippen molar-refractivity contribution >= 4 is 29.1 Å². The lowest BCUT2D eigenvalue weighted by molar-refractivity contribution is -0.117. The van der Waals surface area contributed by atoms with Crippen molar-refractivity contribution in [2.24, 2.45) is 5.73 Å². The summed E-state index contributed by atoms with van der Waals surface area (Å²) in [4.78, 5) is 10.7. The van der Waals surface area contributed by atoms with Crippen molar-refractivity contribution in [2.45, 2.75) is 19.4 Å². The smallest absolute Gasteiger partial charge is 0.217 e. The standard InChI is InChI=1S/C16H15Cl2NO2/c17-14-7-3-12(9-15(14)18)10-21-13-5-1-11(2-6-13)4-8-16(19)20/h1-3,5-7,9H,4,8,10H2,(H2,19,20). The van der Waals surface area contributed by atoms with Crippen LogP contribution in [0.1, 0.15) is 17.5 Å². The first kappa shape index (κ1) is 15.7. The van der Waals surface area contributed by atoms with Crippen LogP contribution in [0.2, 0.25) is 10.0 Å². The fourth-order valence-corrected chi connectivity index (χ4v) is 2.14. The first-order valence-electron chi connectivity index (χ1n) is 6.48. The molecule has 0 radical (unpaired) electrons. The summed E-state index contributed by atoms with van der Waals surface area (Å²) in [6.45, 7) is 0.414. The van der Waals surface area contributed by atoms with Crippen molar-refractivity contribution in [1.82, 2.24) is 0 Å². The predicted octanol–water partition coefficient (Wildman–Crippen LogP) is 3.99. The number of halogens is 2. The number of ether oxygens (including phenoxy) is 1. The van der Waals surface area contributed by atoms with Crippen LogP contribution in [0.25, 0.3) is 0 Å².